The van der Waals surface area contributed by atoms with E-state index < -0.39 is 0 Å². The Hall–Kier alpha value is -0.592. The molecule has 0 fully saturated rings. The second-order valence-corrected chi connectivity index (χ2v) is 4.30. The summed E-state index contributed by atoms with van der Waals surface area (Å²) >= 11 is 1.82. The predicted octanol–water partition coefficient (Wildman–Crippen LogP) is 3.51. The number of rotatable bonds is 0. The van der Waals surface area contributed by atoms with E-state index in [-0.39, 0.29) is 24.4 Å². The molecule has 3 radical (unpaired) electrons. The number of nitrogens with one attached hydrogen (secondary N) is 1. The Morgan fingerprint density at radius 1 is 0.733 bits per heavy atom. The monoisotopic (exact) mass is 320 g/mol. The molecule has 1 aliphatic heterocycles. The predicted molar refractivity (Wildman–Crippen MR) is 66.0 cm³/mol. The molecule has 0 bridgehead atoms. The Bertz CT molecular complexity index is 397. The molecule has 0 spiro atoms. The van der Waals surface area contributed by atoms with Gasteiger partial charge in [-0.2, -0.15) is 0 Å². The zero-order valence-electron chi connectivity index (χ0n) is 7.97. The van der Waals surface area contributed by atoms with Crippen LogP contribution in [0.1, 0.15) is 0 Å². The van der Waals surface area contributed by atoms with Crippen LogP contribution in [0.15, 0.2) is 58.3 Å². The van der Waals surface area contributed by atoms with Crippen molar-refractivity contribution in [2.75, 3.05) is 5.32 Å². The first-order chi connectivity index (χ1) is 6.93. The number of hydrogen-bond acceptors (Lipinski definition) is 2. The van der Waals surface area contributed by atoms with Crippen molar-refractivity contribution in [2.45, 2.75) is 9.79 Å². The van der Waals surface area contributed by atoms with E-state index in [1.54, 1.807) is 0 Å². The molecule has 1 nitrogen and oxygen atoms in total. The van der Waals surface area contributed by atoms with E-state index in [2.05, 4.69) is 53.8 Å². The van der Waals surface area contributed by atoms with E-state index in [0.29, 0.717) is 0 Å². The van der Waals surface area contributed by atoms with Crippen LogP contribution in [0.25, 0.3) is 0 Å². The van der Waals surface area contributed by atoms with Gasteiger partial charge in [0.05, 0.1) is 11.4 Å². The van der Waals surface area contributed by atoms with Gasteiger partial charge in [0.2, 0.25) is 0 Å². The maximum atomic E-state index is 3.42. The first kappa shape index (κ1) is 10.9. The summed E-state index contributed by atoms with van der Waals surface area (Å²) in [6.07, 6.45) is 0. The third-order valence-corrected chi connectivity index (χ3v) is 3.42. The molecule has 0 aliphatic carbocycles. The van der Waals surface area contributed by atoms with E-state index in [4.69, 9.17) is 0 Å². The van der Waals surface area contributed by atoms with Crippen LogP contribution in [0.2, 0.25) is 0 Å². The van der Waals surface area contributed by atoms with Crippen LogP contribution in [0, 0.1) is 0 Å². The van der Waals surface area contributed by atoms with Gasteiger partial charge in [-0.15, -0.1) is 0 Å². The molecule has 73 valence electrons. The second kappa shape index (κ2) is 4.50. The fraction of sp³-hybridized carbons (Fsp3) is 0. The Morgan fingerprint density at radius 3 is 1.73 bits per heavy atom. The van der Waals surface area contributed by atoms with E-state index in [9.17, 15) is 0 Å². The largest absolute Gasteiger partial charge is 0.354 e. The summed E-state index contributed by atoms with van der Waals surface area (Å²) < 4.78 is 0. The number of anilines is 2. The summed E-state index contributed by atoms with van der Waals surface area (Å²) in [4.78, 5) is 2.59. The average Bonchev–Trinajstić information content (AvgIpc) is 2.26. The van der Waals surface area contributed by atoms with Crippen molar-refractivity contribution in [3.63, 3.8) is 0 Å². The summed E-state index contributed by atoms with van der Waals surface area (Å²) in [7, 11) is 0. The van der Waals surface area contributed by atoms with Crippen molar-refractivity contribution < 1.29 is 0 Å². The molecule has 0 unspecified atom stereocenters. The molecule has 0 saturated heterocycles. The molecule has 0 saturated carbocycles. The summed E-state index contributed by atoms with van der Waals surface area (Å²) in [6, 6.07) is 16.8. The molecular formula is C12H9NSSb. The molecule has 15 heavy (non-hydrogen) atoms. The van der Waals surface area contributed by atoms with Gasteiger partial charge in [-0.3, -0.25) is 0 Å². The van der Waals surface area contributed by atoms with Crippen molar-refractivity contribution in [1.82, 2.24) is 0 Å². The van der Waals surface area contributed by atoms with Gasteiger partial charge in [0.15, 0.2) is 0 Å². The van der Waals surface area contributed by atoms with Gasteiger partial charge in [-0.05, 0) is 24.3 Å². The first-order valence-corrected chi connectivity index (χ1v) is 5.38. The van der Waals surface area contributed by atoms with Crippen LogP contribution in [0.5, 0.6) is 0 Å². The zero-order valence-corrected chi connectivity index (χ0v) is 11.3. The Balaban J connectivity index is 0.000000853. The van der Waals surface area contributed by atoms with Gasteiger partial charge in [-0.1, -0.05) is 36.0 Å². The van der Waals surface area contributed by atoms with E-state index in [0.717, 1.165) is 0 Å². The van der Waals surface area contributed by atoms with Crippen molar-refractivity contribution in [2.24, 2.45) is 0 Å². The van der Waals surface area contributed by atoms with Gasteiger partial charge in [0, 0.05) is 34.2 Å². The zero-order chi connectivity index (χ0) is 9.38. The number of hydrogen-bond donors (Lipinski definition) is 1. The van der Waals surface area contributed by atoms with Gasteiger partial charge in [-0.25, -0.2) is 0 Å². The van der Waals surface area contributed by atoms with Gasteiger partial charge >= 0.3 is 0 Å². The van der Waals surface area contributed by atoms with Crippen molar-refractivity contribution >= 4 is 47.6 Å². The van der Waals surface area contributed by atoms with E-state index in [1.165, 1.54) is 21.2 Å². The maximum Gasteiger partial charge on any atom is 0.0526 e. The summed E-state index contributed by atoms with van der Waals surface area (Å²) in [5.74, 6) is 0. The minimum absolute atomic E-state index is 0. The fourth-order valence-electron chi connectivity index (χ4n) is 1.58. The Morgan fingerprint density at radius 2 is 1.20 bits per heavy atom. The number of benzene rings is 2. The smallest absolute Gasteiger partial charge is 0.0526 e. The molecule has 2 aromatic carbocycles. The van der Waals surface area contributed by atoms with E-state index in [1.807, 2.05) is 11.8 Å². The summed E-state index contributed by atoms with van der Waals surface area (Å²) in [5, 5.41) is 3.42. The van der Waals surface area contributed by atoms with Crippen molar-refractivity contribution in [1.29, 1.82) is 0 Å². The summed E-state index contributed by atoms with van der Waals surface area (Å²) in [6.45, 7) is 0. The maximum absolute atomic E-state index is 3.42. The normalized spacial score (nSPS) is 11.7. The second-order valence-electron chi connectivity index (χ2n) is 3.22. The first-order valence-electron chi connectivity index (χ1n) is 4.56. The molecule has 0 aromatic heterocycles. The number of para-hydroxylation sites is 2. The van der Waals surface area contributed by atoms with Crippen molar-refractivity contribution in [3.05, 3.63) is 48.5 Å². The topological polar surface area (TPSA) is 12.0 Å². The molecule has 1 N–H and O–H groups in total. The van der Waals surface area contributed by atoms with Gasteiger partial charge in [0.25, 0.3) is 0 Å². The molecule has 1 aliphatic rings. The SMILES string of the molecule is [Sb].c1ccc2c(c1)Nc1ccccc1S2. The minimum atomic E-state index is 0. The van der Waals surface area contributed by atoms with Crippen LogP contribution in [-0.4, -0.2) is 24.4 Å². The van der Waals surface area contributed by atoms with Crippen LogP contribution in [0.3, 0.4) is 0 Å². The third-order valence-electron chi connectivity index (χ3n) is 2.26. The van der Waals surface area contributed by atoms with Gasteiger partial charge in [0.1, 0.15) is 0 Å². The molecule has 0 atom stereocenters. The fourth-order valence-corrected chi connectivity index (χ4v) is 2.57. The Labute approximate surface area is 111 Å². The summed E-state index contributed by atoms with van der Waals surface area (Å²) in [5.41, 5.74) is 2.41. The van der Waals surface area contributed by atoms with Gasteiger partial charge < -0.3 is 5.32 Å². The van der Waals surface area contributed by atoms with Crippen LogP contribution >= 0.6 is 11.8 Å². The molecular weight excluding hydrogens is 312 g/mol. The molecule has 2 aromatic rings. The average molecular weight is 321 g/mol. The van der Waals surface area contributed by atoms with Crippen molar-refractivity contribution in [3.8, 4) is 0 Å². The third kappa shape index (κ3) is 2.02. The van der Waals surface area contributed by atoms with Crippen LogP contribution in [-0.2, 0) is 0 Å². The minimum Gasteiger partial charge on any atom is -0.354 e. The molecule has 0 amide bonds. The number of fused-ring (bicyclic) bond motifs is 2. The van der Waals surface area contributed by atoms with E-state index >= 15 is 0 Å². The Kier molecular flexibility index (Phi) is 3.28. The molecule has 3 rings (SSSR count). The van der Waals surface area contributed by atoms with Crippen LogP contribution in [0.4, 0.5) is 11.4 Å². The standard InChI is InChI=1S/C12H9NS.Sb/c1-3-7-11-9(5-1)13-10-6-2-4-8-12(10)14-11;/h1-8,13H;. The molecule has 3 heteroatoms. The molecule has 1 heterocycles. The van der Waals surface area contributed by atoms with Crippen LogP contribution < -0.4 is 5.32 Å². The quantitative estimate of drug-likeness (QED) is 0.636.